The lowest BCUT2D eigenvalue weighted by molar-refractivity contribution is -0.127. The molecular weight excluding hydrogens is 346 g/mol. The van der Waals surface area contributed by atoms with Gasteiger partial charge in [0.2, 0.25) is 5.91 Å². The molecule has 2 heterocycles. The average molecular weight is 364 g/mol. The Morgan fingerprint density at radius 2 is 2.04 bits per heavy atom. The van der Waals surface area contributed by atoms with Gasteiger partial charge in [-0.3, -0.25) is 4.79 Å². The van der Waals surface area contributed by atoms with Crippen LogP contribution in [0.3, 0.4) is 0 Å². The Morgan fingerprint density at radius 1 is 1.26 bits per heavy atom. The predicted molar refractivity (Wildman–Crippen MR) is 98.0 cm³/mol. The van der Waals surface area contributed by atoms with E-state index in [1.807, 2.05) is 17.2 Å². The maximum absolute atomic E-state index is 12.3. The van der Waals surface area contributed by atoms with Crippen LogP contribution in [-0.2, 0) is 4.79 Å². The van der Waals surface area contributed by atoms with Crippen molar-refractivity contribution in [3.63, 3.8) is 0 Å². The molecule has 1 amide bonds. The molecule has 0 spiro atoms. The number of carbonyl (C=O) groups is 1. The average Bonchev–Trinajstić information content (AvgIpc) is 3.09. The van der Waals surface area contributed by atoms with Gasteiger partial charge in [0, 0.05) is 13.1 Å². The molecule has 1 aromatic heterocycles. The lowest BCUT2D eigenvalue weighted by Crippen LogP contribution is -2.35. The third kappa shape index (κ3) is 4.37. The highest BCUT2D eigenvalue weighted by atomic mass is 32.2. The molecule has 0 bridgehead atoms. The summed E-state index contributed by atoms with van der Waals surface area (Å²) >= 11 is 4.59. The minimum absolute atomic E-state index is 0.166. The SMILES string of the molecule is CSc1nnc(SCC(=O)N2CC=C(c3ccccc3)CC2)s1. The van der Waals surface area contributed by atoms with Crippen LogP contribution in [0.4, 0.5) is 0 Å². The summed E-state index contributed by atoms with van der Waals surface area (Å²) in [5, 5.41) is 8.13. The second-order valence-corrected chi connectivity index (χ2v) is 8.27. The van der Waals surface area contributed by atoms with E-state index in [2.05, 4.69) is 40.5 Å². The van der Waals surface area contributed by atoms with Gasteiger partial charge in [-0.25, -0.2) is 0 Å². The first-order valence-electron chi connectivity index (χ1n) is 7.29. The molecule has 7 heteroatoms. The van der Waals surface area contributed by atoms with E-state index in [-0.39, 0.29) is 5.91 Å². The summed E-state index contributed by atoms with van der Waals surface area (Å²) in [6, 6.07) is 10.4. The van der Waals surface area contributed by atoms with Crippen molar-refractivity contribution in [2.45, 2.75) is 15.1 Å². The van der Waals surface area contributed by atoms with Gasteiger partial charge in [0.15, 0.2) is 8.68 Å². The van der Waals surface area contributed by atoms with Crippen molar-refractivity contribution in [3.8, 4) is 0 Å². The third-order valence-electron chi connectivity index (χ3n) is 3.59. The number of aromatic nitrogens is 2. The molecule has 0 atom stereocenters. The standard InChI is InChI=1S/C16H17N3OS3/c1-21-15-17-18-16(23-15)22-11-14(20)19-9-7-13(8-10-19)12-5-3-2-4-6-12/h2-7H,8-11H2,1H3. The summed E-state index contributed by atoms with van der Waals surface area (Å²) in [5.74, 6) is 0.594. The zero-order valence-corrected chi connectivity index (χ0v) is 15.2. The summed E-state index contributed by atoms with van der Waals surface area (Å²) in [5.41, 5.74) is 2.59. The van der Waals surface area contributed by atoms with Crippen molar-refractivity contribution in [1.82, 2.24) is 15.1 Å². The van der Waals surface area contributed by atoms with Crippen LogP contribution >= 0.6 is 34.9 Å². The van der Waals surface area contributed by atoms with Crippen LogP contribution in [0.2, 0.25) is 0 Å². The van der Waals surface area contributed by atoms with Gasteiger partial charge in [-0.05, 0) is 23.8 Å². The zero-order chi connectivity index (χ0) is 16.1. The Bertz CT molecular complexity index is 700. The first-order chi connectivity index (χ1) is 11.3. The normalized spacial score (nSPS) is 14.7. The molecule has 3 rings (SSSR count). The second-order valence-electron chi connectivity index (χ2n) is 5.01. The third-order valence-corrected chi connectivity index (χ3v) is 6.60. The number of carbonyl (C=O) groups excluding carboxylic acids is 1. The number of amides is 1. The first kappa shape index (κ1) is 16.5. The van der Waals surface area contributed by atoms with Gasteiger partial charge < -0.3 is 4.90 Å². The predicted octanol–water partition coefficient (Wildman–Crippen LogP) is 3.67. The van der Waals surface area contributed by atoms with E-state index < -0.39 is 0 Å². The van der Waals surface area contributed by atoms with E-state index in [0.29, 0.717) is 12.3 Å². The molecule has 0 saturated heterocycles. The Kier molecular flexibility index (Phi) is 5.75. The maximum atomic E-state index is 12.3. The van der Waals surface area contributed by atoms with E-state index in [9.17, 15) is 4.79 Å². The summed E-state index contributed by atoms with van der Waals surface area (Å²) < 4.78 is 1.80. The molecule has 0 fully saturated rings. The van der Waals surface area contributed by atoms with Gasteiger partial charge in [0.1, 0.15) is 0 Å². The number of nitrogens with zero attached hydrogens (tertiary/aromatic N) is 3. The molecule has 0 radical (unpaired) electrons. The number of thioether (sulfide) groups is 2. The molecule has 1 aliphatic heterocycles. The summed E-state index contributed by atoms with van der Waals surface area (Å²) in [7, 11) is 0. The highest BCUT2D eigenvalue weighted by Crippen LogP contribution is 2.28. The topological polar surface area (TPSA) is 46.1 Å². The van der Waals surface area contributed by atoms with Crippen LogP contribution < -0.4 is 0 Å². The van der Waals surface area contributed by atoms with Crippen LogP contribution in [0.15, 0.2) is 45.1 Å². The number of benzene rings is 1. The highest BCUT2D eigenvalue weighted by Gasteiger charge is 2.18. The fourth-order valence-electron chi connectivity index (χ4n) is 2.36. The lowest BCUT2D eigenvalue weighted by atomic mass is 10.00. The van der Waals surface area contributed by atoms with Crippen LogP contribution in [0.5, 0.6) is 0 Å². The number of hydrogen-bond acceptors (Lipinski definition) is 6. The lowest BCUT2D eigenvalue weighted by Gasteiger charge is -2.26. The smallest absolute Gasteiger partial charge is 0.233 e. The first-order valence-corrected chi connectivity index (χ1v) is 10.3. The van der Waals surface area contributed by atoms with E-state index >= 15 is 0 Å². The second kappa shape index (κ2) is 7.99. The minimum atomic E-state index is 0.166. The van der Waals surface area contributed by atoms with Crippen molar-refractivity contribution in [3.05, 3.63) is 42.0 Å². The Labute approximate surface area is 148 Å². The van der Waals surface area contributed by atoms with Gasteiger partial charge in [-0.1, -0.05) is 71.3 Å². The van der Waals surface area contributed by atoms with Gasteiger partial charge in [-0.2, -0.15) is 0 Å². The molecule has 1 aliphatic rings. The Morgan fingerprint density at radius 3 is 2.70 bits per heavy atom. The molecule has 0 N–H and O–H groups in total. The molecule has 0 unspecified atom stereocenters. The van der Waals surface area contributed by atoms with Crippen molar-refractivity contribution < 1.29 is 4.79 Å². The van der Waals surface area contributed by atoms with E-state index in [4.69, 9.17) is 0 Å². The number of hydrogen-bond donors (Lipinski definition) is 0. The Hall–Kier alpha value is -1.31. The summed E-state index contributed by atoms with van der Waals surface area (Å²) in [6.45, 7) is 1.47. The van der Waals surface area contributed by atoms with Crippen molar-refractivity contribution >= 4 is 46.3 Å². The molecule has 120 valence electrons. The molecular formula is C16H17N3OS3. The van der Waals surface area contributed by atoms with E-state index in [1.54, 1.807) is 23.1 Å². The van der Waals surface area contributed by atoms with Gasteiger partial charge in [0.25, 0.3) is 0 Å². The van der Waals surface area contributed by atoms with Crippen molar-refractivity contribution in [1.29, 1.82) is 0 Å². The molecule has 2 aromatic rings. The van der Waals surface area contributed by atoms with E-state index in [0.717, 1.165) is 21.6 Å². The zero-order valence-electron chi connectivity index (χ0n) is 12.8. The quantitative estimate of drug-likeness (QED) is 0.759. The fraction of sp³-hybridized carbons (Fsp3) is 0.312. The summed E-state index contributed by atoms with van der Waals surface area (Å²) in [4.78, 5) is 14.2. The molecule has 23 heavy (non-hydrogen) atoms. The Balaban J connectivity index is 1.52. The fourth-order valence-corrected chi connectivity index (χ4v) is 4.70. The summed E-state index contributed by atoms with van der Waals surface area (Å²) in [6.07, 6.45) is 5.05. The van der Waals surface area contributed by atoms with Gasteiger partial charge in [0.05, 0.1) is 5.75 Å². The molecule has 4 nitrogen and oxygen atoms in total. The van der Waals surface area contributed by atoms with Crippen LogP contribution in [0.1, 0.15) is 12.0 Å². The highest BCUT2D eigenvalue weighted by molar-refractivity contribution is 8.03. The van der Waals surface area contributed by atoms with Crippen LogP contribution in [0, 0.1) is 0 Å². The number of rotatable bonds is 5. The largest absolute Gasteiger partial charge is 0.338 e. The van der Waals surface area contributed by atoms with E-state index in [1.165, 1.54) is 22.9 Å². The van der Waals surface area contributed by atoms with Crippen molar-refractivity contribution in [2.75, 3.05) is 25.1 Å². The molecule has 1 aromatic carbocycles. The minimum Gasteiger partial charge on any atom is -0.338 e. The van der Waals surface area contributed by atoms with Gasteiger partial charge >= 0.3 is 0 Å². The van der Waals surface area contributed by atoms with Crippen molar-refractivity contribution in [2.24, 2.45) is 0 Å². The molecule has 0 saturated carbocycles. The van der Waals surface area contributed by atoms with Crippen LogP contribution in [-0.4, -0.2) is 46.1 Å². The monoisotopic (exact) mass is 363 g/mol. The molecule has 0 aliphatic carbocycles. The van der Waals surface area contributed by atoms with Crippen LogP contribution in [0.25, 0.3) is 5.57 Å². The maximum Gasteiger partial charge on any atom is 0.233 e. The van der Waals surface area contributed by atoms with Gasteiger partial charge in [-0.15, -0.1) is 10.2 Å².